The van der Waals surface area contributed by atoms with Crippen LogP contribution in [0.25, 0.3) is 0 Å². The molecule has 0 radical (unpaired) electrons. The Kier molecular flexibility index (Phi) is 5.23. The largest absolute Gasteiger partial charge is 0.480 e. The molecule has 100 valence electrons. The lowest BCUT2D eigenvalue weighted by molar-refractivity contribution is -0.140. The molecule has 0 aromatic carbocycles. The van der Waals surface area contributed by atoms with Gasteiger partial charge in [-0.25, -0.2) is 4.72 Å². The zero-order valence-corrected chi connectivity index (χ0v) is 11.6. The Morgan fingerprint density at radius 1 is 1.59 bits per heavy atom. The Morgan fingerprint density at radius 2 is 2.24 bits per heavy atom. The molecule has 17 heavy (non-hydrogen) atoms. The van der Waals surface area contributed by atoms with Gasteiger partial charge in [-0.15, -0.1) is 0 Å². The average molecular weight is 282 g/mol. The van der Waals surface area contributed by atoms with Crippen molar-refractivity contribution in [1.82, 2.24) is 9.03 Å². The molecule has 0 bridgehead atoms. The highest BCUT2D eigenvalue weighted by atomic mass is 32.2. The number of nitrogens with zero attached hydrogens (tertiary/aromatic N) is 1. The minimum atomic E-state index is -3.68. The fourth-order valence-electron chi connectivity index (χ4n) is 1.43. The highest BCUT2D eigenvalue weighted by Gasteiger charge is 2.36. The Hall–Kier alpha value is -0.310. The van der Waals surface area contributed by atoms with E-state index in [0.29, 0.717) is 18.1 Å². The van der Waals surface area contributed by atoms with Crippen molar-refractivity contribution in [2.45, 2.75) is 19.9 Å². The number of hydrogen-bond donors (Lipinski definition) is 2. The van der Waals surface area contributed by atoms with Crippen LogP contribution in [0.5, 0.6) is 0 Å². The van der Waals surface area contributed by atoms with Gasteiger partial charge in [-0.1, -0.05) is 13.8 Å². The van der Waals surface area contributed by atoms with Gasteiger partial charge in [0.15, 0.2) is 0 Å². The number of carboxylic acids is 1. The van der Waals surface area contributed by atoms with Crippen LogP contribution in [0.3, 0.4) is 0 Å². The van der Waals surface area contributed by atoms with Crippen LogP contribution in [0.4, 0.5) is 0 Å². The van der Waals surface area contributed by atoms with Crippen LogP contribution in [-0.4, -0.2) is 54.4 Å². The van der Waals surface area contributed by atoms with E-state index in [4.69, 9.17) is 5.11 Å². The Bertz CT molecular complexity index is 369. The molecule has 0 amide bonds. The molecule has 1 atom stereocenters. The zero-order valence-electron chi connectivity index (χ0n) is 9.92. The van der Waals surface area contributed by atoms with Gasteiger partial charge in [0.2, 0.25) is 0 Å². The topological polar surface area (TPSA) is 86.7 Å². The quantitative estimate of drug-likeness (QED) is 0.740. The van der Waals surface area contributed by atoms with Crippen molar-refractivity contribution < 1.29 is 18.3 Å². The maximum Gasteiger partial charge on any atom is 0.322 e. The first-order valence-corrected chi connectivity index (χ1v) is 8.01. The lowest BCUT2D eigenvalue weighted by atomic mass is 10.2. The molecule has 1 rings (SSSR count). The predicted molar refractivity (Wildman–Crippen MR) is 67.2 cm³/mol. The smallest absolute Gasteiger partial charge is 0.322 e. The molecule has 1 saturated heterocycles. The summed E-state index contributed by atoms with van der Waals surface area (Å²) in [5.41, 5.74) is 0. The summed E-state index contributed by atoms with van der Waals surface area (Å²) in [7, 11) is -3.68. The van der Waals surface area contributed by atoms with Gasteiger partial charge in [-0.05, 0) is 5.92 Å². The second kappa shape index (κ2) is 6.03. The molecule has 0 saturated carbocycles. The summed E-state index contributed by atoms with van der Waals surface area (Å²) in [6.07, 6.45) is 0. The van der Waals surface area contributed by atoms with E-state index in [1.165, 1.54) is 11.8 Å². The standard InChI is InChI=1S/C9H18N2O4S2/c1-7(2)5-10-17(14,15)11-3-4-16-6-8(11)9(12)13/h7-8,10H,3-6H2,1-2H3,(H,12,13). The predicted octanol–water partition coefficient (Wildman–Crippen LogP) is -0.0212. The zero-order chi connectivity index (χ0) is 13.1. The van der Waals surface area contributed by atoms with E-state index in [9.17, 15) is 13.2 Å². The van der Waals surface area contributed by atoms with Gasteiger partial charge in [-0.2, -0.15) is 24.5 Å². The average Bonchev–Trinajstić information content (AvgIpc) is 2.26. The van der Waals surface area contributed by atoms with E-state index in [2.05, 4.69) is 4.72 Å². The van der Waals surface area contributed by atoms with Gasteiger partial charge in [0.1, 0.15) is 6.04 Å². The number of carboxylic acid groups (broad SMARTS) is 1. The first-order chi connectivity index (χ1) is 7.84. The number of rotatable bonds is 5. The third kappa shape index (κ3) is 4.13. The third-order valence-corrected chi connectivity index (χ3v) is 4.96. The fraction of sp³-hybridized carbons (Fsp3) is 0.889. The molecule has 1 heterocycles. The van der Waals surface area contributed by atoms with E-state index in [1.54, 1.807) is 0 Å². The maximum atomic E-state index is 11.9. The van der Waals surface area contributed by atoms with Crippen LogP contribution in [-0.2, 0) is 15.0 Å². The molecule has 1 fully saturated rings. The third-order valence-electron chi connectivity index (χ3n) is 2.35. The van der Waals surface area contributed by atoms with Gasteiger partial charge in [0, 0.05) is 24.6 Å². The molecule has 0 spiro atoms. The van der Waals surface area contributed by atoms with E-state index in [1.807, 2.05) is 13.8 Å². The van der Waals surface area contributed by atoms with Gasteiger partial charge in [-0.3, -0.25) is 4.79 Å². The second-order valence-corrected chi connectivity index (χ2v) is 7.14. The van der Waals surface area contributed by atoms with Gasteiger partial charge < -0.3 is 5.11 Å². The molecule has 0 aromatic rings. The van der Waals surface area contributed by atoms with Gasteiger partial charge in [0.05, 0.1) is 0 Å². The summed E-state index contributed by atoms with van der Waals surface area (Å²) in [4.78, 5) is 11.0. The summed E-state index contributed by atoms with van der Waals surface area (Å²) < 4.78 is 27.4. The van der Waals surface area contributed by atoms with Crippen LogP contribution in [0.2, 0.25) is 0 Å². The fourth-order valence-corrected chi connectivity index (χ4v) is 4.21. The maximum absolute atomic E-state index is 11.9. The van der Waals surface area contributed by atoms with Crippen LogP contribution in [0, 0.1) is 5.92 Å². The Morgan fingerprint density at radius 3 is 2.76 bits per heavy atom. The molecular weight excluding hydrogens is 264 g/mol. The summed E-state index contributed by atoms with van der Waals surface area (Å²) in [6.45, 7) is 4.35. The number of thioether (sulfide) groups is 1. The van der Waals surface area contributed by atoms with Crippen LogP contribution in [0.1, 0.15) is 13.8 Å². The normalized spacial score (nSPS) is 22.9. The summed E-state index contributed by atoms with van der Waals surface area (Å²) >= 11 is 1.46. The molecule has 1 aliphatic rings. The van der Waals surface area contributed by atoms with E-state index in [0.717, 1.165) is 4.31 Å². The van der Waals surface area contributed by atoms with Crippen LogP contribution in [0.15, 0.2) is 0 Å². The number of carbonyl (C=O) groups is 1. The molecule has 2 N–H and O–H groups in total. The molecule has 6 nitrogen and oxygen atoms in total. The van der Waals surface area contributed by atoms with Crippen molar-refractivity contribution in [3.8, 4) is 0 Å². The van der Waals surface area contributed by atoms with Crippen molar-refractivity contribution in [1.29, 1.82) is 0 Å². The summed E-state index contributed by atoms with van der Waals surface area (Å²) in [5, 5.41) is 9.00. The second-order valence-electron chi connectivity index (χ2n) is 4.29. The first-order valence-electron chi connectivity index (χ1n) is 5.41. The van der Waals surface area contributed by atoms with Crippen LogP contribution < -0.4 is 4.72 Å². The molecule has 1 aliphatic heterocycles. The molecule has 0 aromatic heterocycles. The molecular formula is C9H18N2O4S2. The van der Waals surface area contributed by atoms with Crippen molar-refractivity contribution in [2.75, 3.05) is 24.6 Å². The SMILES string of the molecule is CC(C)CNS(=O)(=O)N1CCSCC1C(=O)O. The van der Waals surface area contributed by atoms with Crippen molar-refractivity contribution >= 4 is 27.9 Å². The monoisotopic (exact) mass is 282 g/mol. The number of nitrogens with one attached hydrogen (secondary N) is 1. The first kappa shape index (κ1) is 14.7. The lowest BCUT2D eigenvalue weighted by Gasteiger charge is -2.31. The highest BCUT2D eigenvalue weighted by Crippen LogP contribution is 2.19. The Labute approximate surface area is 106 Å². The van der Waals surface area contributed by atoms with E-state index < -0.39 is 22.2 Å². The van der Waals surface area contributed by atoms with Gasteiger partial charge >= 0.3 is 5.97 Å². The van der Waals surface area contributed by atoms with E-state index >= 15 is 0 Å². The Balaban J connectivity index is 2.76. The van der Waals surface area contributed by atoms with E-state index in [-0.39, 0.29) is 12.5 Å². The minimum Gasteiger partial charge on any atom is -0.480 e. The summed E-state index contributed by atoms with van der Waals surface area (Å²) in [5.74, 6) is 0.0314. The van der Waals surface area contributed by atoms with Crippen molar-refractivity contribution in [2.24, 2.45) is 5.92 Å². The lowest BCUT2D eigenvalue weighted by Crippen LogP contribution is -2.54. The highest BCUT2D eigenvalue weighted by molar-refractivity contribution is 7.99. The molecule has 1 unspecified atom stereocenters. The minimum absolute atomic E-state index is 0.187. The van der Waals surface area contributed by atoms with Crippen molar-refractivity contribution in [3.63, 3.8) is 0 Å². The molecule has 0 aliphatic carbocycles. The number of aliphatic carboxylic acids is 1. The molecule has 8 heteroatoms. The van der Waals surface area contributed by atoms with Crippen molar-refractivity contribution in [3.05, 3.63) is 0 Å². The summed E-state index contributed by atoms with van der Waals surface area (Å²) in [6, 6.07) is -0.960. The van der Waals surface area contributed by atoms with Crippen LogP contribution >= 0.6 is 11.8 Å². The number of hydrogen-bond acceptors (Lipinski definition) is 4. The van der Waals surface area contributed by atoms with Gasteiger partial charge in [0.25, 0.3) is 10.2 Å².